The summed E-state index contributed by atoms with van der Waals surface area (Å²) in [6.45, 7) is 4.61. The third-order valence-corrected chi connectivity index (χ3v) is 6.09. The van der Waals surface area contributed by atoms with Gasteiger partial charge in [-0.2, -0.15) is 5.26 Å². The number of unbranched alkanes of at least 4 members (excludes halogenated alkanes) is 1. The highest BCUT2D eigenvalue weighted by Gasteiger charge is 2.18. The van der Waals surface area contributed by atoms with Crippen molar-refractivity contribution in [3.05, 3.63) is 76.2 Å². The normalized spacial score (nSPS) is 11.1. The number of hydrogen-bond donors (Lipinski definition) is 0. The number of hydrogen-bond acceptors (Lipinski definition) is 4. The lowest BCUT2D eigenvalue weighted by atomic mass is 10.0. The van der Waals surface area contributed by atoms with Crippen LogP contribution in [0, 0.1) is 11.3 Å². The Kier molecular flexibility index (Phi) is 5.78. The molecule has 0 saturated carbocycles. The molecule has 2 aromatic heterocycles. The molecule has 0 amide bonds. The van der Waals surface area contributed by atoms with Gasteiger partial charge < -0.3 is 0 Å². The molecule has 5 heteroatoms. The van der Waals surface area contributed by atoms with Crippen LogP contribution >= 0.6 is 11.3 Å². The van der Waals surface area contributed by atoms with Crippen LogP contribution < -0.4 is 5.56 Å². The number of aromatic nitrogens is 2. The second-order valence-electron chi connectivity index (χ2n) is 7.62. The molecular formula is C25H23N3OS. The number of thiophene rings is 1. The number of rotatable bonds is 6. The van der Waals surface area contributed by atoms with Gasteiger partial charge in [0.25, 0.3) is 5.56 Å². The highest BCUT2D eigenvalue weighted by atomic mass is 32.1. The van der Waals surface area contributed by atoms with E-state index in [-0.39, 0.29) is 11.5 Å². The van der Waals surface area contributed by atoms with Crippen LogP contribution in [0.1, 0.15) is 38.4 Å². The molecule has 0 aliphatic heterocycles. The highest BCUT2D eigenvalue weighted by molar-refractivity contribution is 7.17. The topological polar surface area (TPSA) is 58.7 Å². The van der Waals surface area contributed by atoms with Gasteiger partial charge in [-0.25, -0.2) is 4.98 Å². The van der Waals surface area contributed by atoms with E-state index in [0.717, 1.165) is 27.3 Å². The van der Waals surface area contributed by atoms with Gasteiger partial charge in [0, 0.05) is 29.8 Å². The molecule has 4 aromatic rings. The van der Waals surface area contributed by atoms with Gasteiger partial charge in [0.1, 0.15) is 10.7 Å². The standard InChI is InChI=1S/C25H23N3OS/c1-17(2)23-27-24-22(25(29)28(23)15-7-6-14-26)21(16-30-24)20-12-10-19(11-13-20)18-8-4-3-5-9-18/h3-5,8-13,16-17H,6-7,15H2,1-2H3. The predicted octanol–water partition coefficient (Wildman–Crippen LogP) is 6.22. The molecule has 0 saturated heterocycles. The number of benzene rings is 2. The van der Waals surface area contributed by atoms with Crippen molar-refractivity contribution in [3.63, 3.8) is 0 Å². The third-order valence-electron chi connectivity index (χ3n) is 5.21. The van der Waals surface area contributed by atoms with Crippen molar-refractivity contribution in [2.75, 3.05) is 0 Å². The first-order valence-corrected chi connectivity index (χ1v) is 11.0. The van der Waals surface area contributed by atoms with E-state index in [1.807, 2.05) is 37.4 Å². The van der Waals surface area contributed by atoms with E-state index in [4.69, 9.17) is 10.2 Å². The van der Waals surface area contributed by atoms with Crippen LogP contribution in [0.5, 0.6) is 0 Å². The van der Waals surface area contributed by atoms with E-state index in [2.05, 4.69) is 42.5 Å². The summed E-state index contributed by atoms with van der Waals surface area (Å²) in [4.78, 5) is 19.0. The fraction of sp³-hybridized carbons (Fsp3) is 0.240. The summed E-state index contributed by atoms with van der Waals surface area (Å²) in [7, 11) is 0. The summed E-state index contributed by atoms with van der Waals surface area (Å²) >= 11 is 1.52. The maximum Gasteiger partial charge on any atom is 0.262 e. The zero-order valence-electron chi connectivity index (χ0n) is 17.1. The summed E-state index contributed by atoms with van der Waals surface area (Å²) < 4.78 is 1.76. The van der Waals surface area contributed by atoms with E-state index >= 15 is 0 Å². The number of nitriles is 1. The first-order chi connectivity index (χ1) is 14.6. The Bertz CT molecular complexity index is 1260. The molecule has 2 heterocycles. The average Bonchev–Trinajstić information content (AvgIpc) is 3.20. The molecule has 2 aromatic carbocycles. The predicted molar refractivity (Wildman–Crippen MR) is 124 cm³/mol. The van der Waals surface area contributed by atoms with Crippen LogP contribution in [0.15, 0.2) is 64.8 Å². The molecular weight excluding hydrogens is 390 g/mol. The van der Waals surface area contributed by atoms with Gasteiger partial charge in [-0.15, -0.1) is 11.3 Å². The number of fused-ring (bicyclic) bond motifs is 1. The van der Waals surface area contributed by atoms with Gasteiger partial charge in [-0.05, 0) is 23.1 Å². The van der Waals surface area contributed by atoms with E-state index < -0.39 is 0 Å². The van der Waals surface area contributed by atoms with Crippen LogP contribution in [0.3, 0.4) is 0 Å². The minimum atomic E-state index is -0.00924. The fourth-order valence-corrected chi connectivity index (χ4v) is 4.64. The van der Waals surface area contributed by atoms with Gasteiger partial charge in [0.2, 0.25) is 0 Å². The largest absolute Gasteiger partial charge is 0.296 e. The molecule has 4 nitrogen and oxygen atoms in total. The van der Waals surface area contributed by atoms with Crippen molar-refractivity contribution in [1.82, 2.24) is 9.55 Å². The van der Waals surface area contributed by atoms with Crippen molar-refractivity contribution in [3.8, 4) is 28.3 Å². The molecule has 0 atom stereocenters. The maximum absolute atomic E-state index is 13.4. The second kappa shape index (κ2) is 8.64. The lowest BCUT2D eigenvalue weighted by molar-refractivity contribution is 0.568. The summed E-state index contributed by atoms with van der Waals surface area (Å²) in [5, 5.41) is 11.6. The molecule has 0 spiro atoms. The monoisotopic (exact) mass is 413 g/mol. The van der Waals surface area contributed by atoms with E-state index in [0.29, 0.717) is 24.8 Å². The smallest absolute Gasteiger partial charge is 0.262 e. The van der Waals surface area contributed by atoms with Crippen LogP contribution in [-0.4, -0.2) is 9.55 Å². The average molecular weight is 414 g/mol. The van der Waals surface area contributed by atoms with E-state index in [9.17, 15) is 4.79 Å². The van der Waals surface area contributed by atoms with Crippen molar-refractivity contribution in [2.24, 2.45) is 0 Å². The maximum atomic E-state index is 13.4. The third kappa shape index (κ3) is 3.79. The van der Waals surface area contributed by atoms with Gasteiger partial charge in [-0.1, -0.05) is 68.4 Å². The molecule has 0 unspecified atom stereocenters. The van der Waals surface area contributed by atoms with Gasteiger partial charge in [0.05, 0.1) is 11.5 Å². The second-order valence-corrected chi connectivity index (χ2v) is 8.47. The van der Waals surface area contributed by atoms with Crippen LogP contribution in [-0.2, 0) is 6.54 Å². The van der Waals surface area contributed by atoms with Gasteiger partial charge in [-0.3, -0.25) is 9.36 Å². The summed E-state index contributed by atoms with van der Waals surface area (Å²) in [5.41, 5.74) is 4.25. The zero-order valence-corrected chi connectivity index (χ0v) is 17.9. The van der Waals surface area contributed by atoms with Crippen molar-refractivity contribution in [2.45, 2.75) is 39.2 Å². The van der Waals surface area contributed by atoms with E-state index in [1.165, 1.54) is 16.9 Å². The van der Waals surface area contributed by atoms with Crippen molar-refractivity contribution < 1.29 is 0 Å². The zero-order chi connectivity index (χ0) is 21.1. The molecule has 4 rings (SSSR count). The quantitative estimate of drug-likeness (QED) is 0.353. The Morgan fingerprint density at radius 2 is 1.70 bits per heavy atom. The SMILES string of the molecule is CC(C)c1nc2scc(-c3ccc(-c4ccccc4)cc3)c2c(=O)n1CCCC#N. The summed E-state index contributed by atoms with van der Waals surface area (Å²) in [6.07, 6.45) is 1.08. The van der Waals surface area contributed by atoms with E-state index in [1.54, 1.807) is 4.57 Å². The molecule has 0 aliphatic carbocycles. The molecule has 0 fully saturated rings. The lowest BCUT2D eigenvalue weighted by Crippen LogP contribution is -2.26. The Hall–Kier alpha value is -3.23. The lowest BCUT2D eigenvalue weighted by Gasteiger charge is -2.14. The number of nitrogens with zero attached hydrogens (tertiary/aromatic N) is 3. The van der Waals surface area contributed by atoms with Crippen LogP contribution in [0.4, 0.5) is 0 Å². The molecule has 0 aliphatic rings. The first kappa shape index (κ1) is 20.1. The molecule has 0 radical (unpaired) electrons. The summed E-state index contributed by atoms with van der Waals surface area (Å²) in [6, 6.07) is 20.7. The highest BCUT2D eigenvalue weighted by Crippen LogP contribution is 2.33. The van der Waals surface area contributed by atoms with Crippen LogP contribution in [0.25, 0.3) is 32.5 Å². The molecule has 30 heavy (non-hydrogen) atoms. The van der Waals surface area contributed by atoms with Crippen LogP contribution in [0.2, 0.25) is 0 Å². The summed E-state index contributed by atoms with van der Waals surface area (Å²) in [5.74, 6) is 0.929. The van der Waals surface area contributed by atoms with Crippen molar-refractivity contribution >= 4 is 21.6 Å². The first-order valence-electron chi connectivity index (χ1n) is 10.1. The van der Waals surface area contributed by atoms with Gasteiger partial charge >= 0.3 is 0 Å². The molecule has 0 bridgehead atoms. The van der Waals surface area contributed by atoms with Gasteiger partial charge in [0.15, 0.2) is 0 Å². The Balaban J connectivity index is 1.79. The fourth-order valence-electron chi connectivity index (χ4n) is 3.70. The molecule has 150 valence electrons. The Morgan fingerprint density at radius 3 is 2.37 bits per heavy atom. The van der Waals surface area contributed by atoms with Crippen molar-refractivity contribution in [1.29, 1.82) is 5.26 Å². The molecule has 0 N–H and O–H groups in total. The Morgan fingerprint density at radius 1 is 1.03 bits per heavy atom. The minimum absolute atomic E-state index is 0.00924. The minimum Gasteiger partial charge on any atom is -0.296 e. The Labute approximate surface area is 180 Å².